The maximum atomic E-state index is 11.1. The maximum Gasteiger partial charge on any atom is 0.306 e. The van der Waals surface area contributed by atoms with Crippen molar-refractivity contribution in [3.63, 3.8) is 0 Å². The van der Waals surface area contributed by atoms with Crippen LogP contribution < -0.4 is 5.32 Å². The third kappa shape index (κ3) is 3.94. The second kappa shape index (κ2) is 6.73. The van der Waals surface area contributed by atoms with Crippen LogP contribution in [0.1, 0.15) is 24.8 Å². The standard InChI is InChI=1S/C14H17BrClNO2/c15-11-5-4-10(13(16)6-11)8-17-7-9-2-1-3-12(9)14(18)19/h4-6,9,12,17H,1-3,7-8H2,(H,18,19). The zero-order valence-corrected chi connectivity index (χ0v) is 12.9. The summed E-state index contributed by atoms with van der Waals surface area (Å²) in [4.78, 5) is 11.1. The Hall–Kier alpha value is -0.580. The zero-order valence-electron chi connectivity index (χ0n) is 10.5. The molecular formula is C14H17BrClNO2. The van der Waals surface area contributed by atoms with E-state index in [9.17, 15) is 4.79 Å². The normalized spacial score (nSPS) is 22.6. The summed E-state index contributed by atoms with van der Waals surface area (Å²) in [6, 6.07) is 5.80. The molecule has 0 radical (unpaired) electrons. The molecule has 0 aromatic heterocycles. The van der Waals surface area contributed by atoms with Crippen molar-refractivity contribution < 1.29 is 9.90 Å². The summed E-state index contributed by atoms with van der Waals surface area (Å²) in [6.07, 6.45) is 2.82. The third-order valence-electron chi connectivity index (χ3n) is 3.71. The van der Waals surface area contributed by atoms with E-state index in [1.54, 1.807) is 0 Å². The molecule has 0 bridgehead atoms. The number of carboxylic acids is 1. The number of aliphatic carboxylic acids is 1. The maximum absolute atomic E-state index is 11.1. The molecule has 2 unspecified atom stereocenters. The predicted molar refractivity (Wildman–Crippen MR) is 79.3 cm³/mol. The second-order valence-corrected chi connectivity index (χ2v) is 6.33. The van der Waals surface area contributed by atoms with Gasteiger partial charge in [-0.05, 0) is 43.0 Å². The van der Waals surface area contributed by atoms with Crippen LogP contribution in [0.2, 0.25) is 5.02 Å². The van der Waals surface area contributed by atoms with Crippen molar-refractivity contribution in [2.75, 3.05) is 6.54 Å². The molecule has 1 saturated carbocycles. The number of carboxylic acid groups (broad SMARTS) is 1. The van der Waals surface area contributed by atoms with Crippen molar-refractivity contribution in [3.8, 4) is 0 Å². The lowest BCUT2D eigenvalue weighted by Crippen LogP contribution is -2.28. The van der Waals surface area contributed by atoms with Gasteiger partial charge in [-0.25, -0.2) is 0 Å². The van der Waals surface area contributed by atoms with Gasteiger partial charge in [0, 0.05) is 16.0 Å². The van der Waals surface area contributed by atoms with Crippen LogP contribution in [0.3, 0.4) is 0 Å². The first-order valence-corrected chi connectivity index (χ1v) is 7.62. The number of carbonyl (C=O) groups is 1. The van der Waals surface area contributed by atoms with Gasteiger partial charge in [-0.2, -0.15) is 0 Å². The molecule has 1 aliphatic carbocycles. The summed E-state index contributed by atoms with van der Waals surface area (Å²) in [5.41, 5.74) is 1.04. The Labute approximate surface area is 126 Å². The molecule has 2 atom stereocenters. The van der Waals surface area contributed by atoms with E-state index in [4.69, 9.17) is 16.7 Å². The number of halogens is 2. The lowest BCUT2D eigenvalue weighted by Gasteiger charge is -2.16. The highest BCUT2D eigenvalue weighted by molar-refractivity contribution is 9.10. The molecule has 1 aromatic carbocycles. The average Bonchev–Trinajstić information content (AvgIpc) is 2.80. The van der Waals surface area contributed by atoms with Crippen LogP contribution >= 0.6 is 27.5 Å². The number of hydrogen-bond acceptors (Lipinski definition) is 2. The van der Waals surface area contributed by atoms with Crippen LogP contribution in [0.4, 0.5) is 0 Å². The molecule has 0 aliphatic heterocycles. The number of hydrogen-bond donors (Lipinski definition) is 2. The lowest BCUT2D eigenvalue weighted by molar-refractivity contribution is -0.142. The van der Waals surface area contributed by atoms with Crippen molar-refractivity contribution in [1.82, 2.24) is 5.32 Å². The van der Waals surface area contributed by atoms with Crippen LogP contribution in [0.5, 0.6) is 0 Å². The Kier molecular flexibility index (Phi) is 5.25. The molecule has 0 saturated heterocycles. The first kappa shape index (κ1) is 14.8. The van der Waals surface area contributed by atoms with Crippen molar-refractivity contribution in [2.45, 2.75) is 25.8 Å². The fourth-order valence-corrected chi connectivity index (χ4v) is 3.40. The Bertz CT molecular complexity index is 467. The summed E-state index contributed by atoms with van der Waals surface area (Å²) >= 11 is 9.51. The van der Waals surface area contributed by atoms with E-state index in [0.717, 1.165) is 40.9 Å². The molecular weight excluding hydrogens is 330 g/mol. The Balaban J connectivity index is 1.84. The van der Waals surface area contributed by atoms with Crippen molar-refractivity contribution in [2.24, 2.45) is 11.8 Å². The van der Waals surface area contributed by atoms with Gasteiger partial charge in [0.1, 0.15) is 0 Å². The Morgan fingerprint density at radius 3 is 2.95 bits per heavy atom. The van der Waals surface area contributed by atoms with Gasteiger partial charge in [0.15, 0.2) is 0 Å². The largest absolute Gasteiger partial charge is 0.481 e. The van der Waals surface area contributed by atoms with E-state index < -0.39 is 5.97 Å². The van der Waals surface area contributed by atoms with E-state index in [-0.39, 0.29) is 11.8 Å². The van der Waals surface area contributed by atoms with Gasteiger partial charge in [-0.3, -0.25) is 4.79 Å². The summed E-state index contributed by atoms with van der Waals surface area (Å²) in [5, 5.41) is 13.2. The van der Waals surface area contributed by atoms with Crippen molar-refractivity contribution >= 4 is 33.5 Å². The molecule has 1 aliphatic rings. The van der Waals surface area contributed by atoms with Gasteiger partial charge in [0.25, 0.3) is 0 Å². The second-order valence-electron chi connectivity index (χ2n) is 5.00. The lowest BCUT2D eigenvalue weighted by atomic mass is 9.96. The first-order valence-electron chi connectivity index (χ1n) is 6.45. The third-order valence-corrected chi connectivity index (χ3v) is 4.56. The van der Waals surface area contributed by atoms with E-state index in [2.05, 4.69) is 21.2 Å². The van der Waals surface area contributed by atoms with Gasteiger partial charge < -0.3 is 10.4 Å². The van der Waals surface area contributed by atoms with E-state index in [0.29, 0.717) is 6.54 Å². The van der Waals surface area contributed by atoms with Crippen LogP contribution in [0, 0.1) is 11.8 Å². The highest BCUT2D eigenvalue weighted by atomic mass is 79.9. The minimum Gasteiger partial charge on any atom is -0.481 e. The highest BCUT2D eigenvalue weighted by Crippen LogP contribution is 2.31. The average molecular weight is 347 g/mol. The Morgan fingerprint density at radius 2 is 2.26 bits per heavy atom. The van der Waals surface area contributed by atoms with Crippen LogP contribution in [0.25, 0.3) is 0 Å². The molecule has 3 nitrogen and oxygen atoms in total. The molecule has 1 aromatic rings. The molecule has 104 valence electrons. The molecule has 0 amide bonds. The quantitative estimate of drug-likeness (QED) is 0.855. The fraction of sp³-hybridized carbons (Fsp3) is 0.500. The van der Waals surface area contributed by atoms with E-state index in [1.165, 1.54) is 0 Å². The predicted octanol–water partition coefficient (Wildman–Crippen LogP) is 3.69. The van der Waals surface area contributed by atoms with E-state index in [1.807, 2.05) is 18.2 Å². The minimum absolute atomic E-state index is 0.187. The fourth-order valence-electron chi connectivity index (χ4n) is 2.66. The summed E-state index contributed by atoms with van der Waals surface area (Å²) in [7, 11) is 0. The van der Waals surface area contributed by atoms with Crippen LogP contribution in [-0.2, 0) is 11.3 Å². The smallest absolute Gasteiger partial charge is 0.306 e. The van der Waals surface area contributed by atoms with Gasteiger partial charge in [0.2, 0.25) is 0 Å². The van der Waals surface area contributed by atoms with Crippen LogP contribution in [0.15, 0.2) is 22.7 Å². The number of benzene rings is 1. The number of rotatable bonds is 5. The summed E-state index contributed by atoms with van der Waals surface area (Å²) in [6.45, 7) is 1.41. The highest BCUT2D eigenvalue weighted by Gasteiger charge is 2.32. The van der Waals surface area contributed by atoms with E-state index >= 15 is 0 Å². The molecule has 19 heavy (non-hydrogen) atoms. The zero-order chi connectivity index (χ0) is 13.8. The van der Waals surface area contributed by atoms with Crippen molar-refractivity contribution in [1.29, 1.82) is 0 Å². The molecule has 1 fully saturated rings. The number of nitrogens with one attached hydrogen (secondary N) is 1. The molecule has 2 rings (SSSR count). The first-order chi connectivity index (χ1) is 9.08. The van der Waals surface area contributed by atoms with Gasteiger partial charge in [-0.1, -0.05) is 40.0 Å². The molecule has 0 heterocycles. The monoisotopic (exact) mass is 345 g/mol. The van der Waals surface area contributed by atoms with Crippen LogP contribution in [-0.4, -0.2) is 17.6 Å². The SMILES string of the molecule is O=C(O)C1CCCC1CNCc1ccc(Br)cc1Cl. The topological polar surface area (TPSA) is 49.3 Å². The minimum atomic E-state index is -0.661. The summed E-state index contributed by atoms with van der Waals surface area (Å²) in [5.74, 6) is -0.606. The molecule has 2 N–H and O–H groups in total. The van der Waals surface area contributed by atoms with Gasteiger partial charge in [-0.15, -0.1) is 0 Å². The van der Waals surface area contributed by atoms with Gasteiger partial charge in [0.05, 0.1) is 5.92 Å². The van der Waals surface area contributed by atoms with Gasteiger partial charge >= 0.3 is 5.97 Å². The Morgan fingerprint density at radius 1 is 1.47 bits per heavy atom. The summed E-state index contributed by atoms with van der Waals surface area (Å²) < 4.78 is 0.961. The molecule has 0 spiro atoms. The van der Waals surface area contributed by atoms with Crippen molar-refractivity contribution in [3.05, 3.63) is 33.3 Å². The molecule has 5 heteroatoms.